The van der Waals surface area contributed by atoms with E-state index in [0.717, 1.165) is 17.8 Å². The molecule has 6 heteroatoms. The number of halogens is 2. The van der Waals surface area contributed by atoms with Crippen LogP contribution in [0.1, 0.15) is 16.1 Å². The molecule has 3 aromatic rings. The summed E-state index contributed by atoms with van der Waals surface area (Å²) < 4.78 is 28.9. The number of carbonyl (C=O) groups is 1. The Balaban J connectivity index is 2.00. The first-order valence-corrected chi connectivity index (χ1v) is 6.26. The summed E-state index contributed by atoms with van der Waals surface area (Å²) in [6, 6.07) is 6.62. The monoisotopic (exact) mass is 287 g/mol. The van der Waals surface area contributed by atoms with Crippen LogP contribution in [-0.4, -0.2) is 15.3 Å². The molecule has 0 fully saturated rings. The Labute approximate surface area is 119 Å². The van der Waals surface area contributed by atoms with E-state index in [1.54, 1.807) is 28.9 Å². The summed E-state index contributed by atoms with van der Waals surface area (Å²) >= 11 is 0. The number of fused-ring (bicyclic) bond motifs is 1. The normalized spacial score (nSPS) is 10.8. The molecular weight excluding hydrogens is 276 g/mol. The number of nitrogens with zero attached hydrogens (tertiary/aromatic N) is 2. The quantitative estimate of drug-likeness (QED) is 0.787. The third kappa shape index (κ3) is 2.35. The topological polar surface area (TPSA) is 46.4 Å². The van der Waals surface area contributed by atoms with E-state index in [9.17, 15) is 13.6 Å². The summed E-state index contributed by atoms with van der Waals surface area (Å²) in [6.45, 7) is 1.81. The van der Waals surface area contributed by atoms with Gasteiger partial charge in [-0.2, -0.15) is 0 Å². The van der Waals surface area contributed by atoms with Gasteiger partial charge in [0.15, 0.2) is 5.65 Å². The van der Waals surface area contributed by atoms with Crippen LogP contribution in [0.2, 0.25) is 0 Å². The van der Waals surface area contributed by atoms with Crippen LogP contribution in [0.5, 0.6) is 0 Å². The number of benzene rings is 1. The highest BCUT2D eigenvalue weighted by atomic mass is 19.1. The molecular formula is C15H11F2N3O. The number of rotatable bonds is 2. The van der Waals surface area contributed by atoms with Gasteiger partial charge in [0.2, 0.25) is 0 Å². The van der Waals surface area contributed by atoms with E-state index in [0.29, 0.717) is 11.3 Å². The smallest absolute Gasteiger partial charge is 0.261 e. The average Bonchev–Trinajstić information content (AvgIpc) is 2.80. The fraction of sp³-hybridized carbons (Fsp3) is 0.0667. The van der Waals surface area contributed by atoms with Crippen molar-refractivity contribution in [2.75, 3.05) is 5.32 Å². The summed E-state index contributed by atoms with van der Waals surface area (Å²) in [5.74, 6) is -2.66. The highest BCUT2D eigenvalue weighted by Crippen LogP contribution is 2.19. The molecule has 3 rings (SSSR count). The molecule has 1 N–H and O–H groups in total. The minimum atomic E-state index is -0.904. The van der Waals surface area contributed by atoms with Gasteiger partial charge in [-0.05, 0) is 31.2 Å². The second-order valence-electron chi connectivity index (χ2n) is 4.59. The molecule has 0 saturated carbocycles. The number of anilines is 1. The fourth-order valence-corrected chi connectivity index (χ4v) is 2.13. The summed E-state index contributed by atoms with van der Waals surface area (Å²) in [7, 11) is 0. The lowest BCUT2D eigenvalue weighted by molar-refractivity contribution is 0.101. The van der Waals surface area contributed by atoms with E-state index in [4.69, 9.17) is 0 Å². The molecule has 0 radical (unpaired) electrons. The number of aromatic nitrogens is 2. The van der Waals surface area contributed by atoms with Crippen molar-refractivity contribution in [3.8, 4) is 0 Å². The summed E-state index contributed by atoms with van der Waals surface area (Å²) in [6.07, 6.45) is 3.56. The van der Waals surface area contributed by atoms with E-state index in [1.807, 2.05) is 6.92 Å². The van der Waals surface area contributed by atoms with Gasteiger partial charge in [-0.1, -0.05) is 6.07 Å². The second kappa shape index (κ2) is 4.97. The van der Waals surface area contributed by atoms with Gasteiger partial charge in [-0.15, -0.1) is 0 Å². The van der Waals surface area contributed by atoms with Gasteiger partial charge in [0.25, 0.3) is 5.91 Å². The van der Waals surface area contributed by atoms with E-state index >= 15 is 0 Å². The van der Waals surface area contributed by atoms with Gasteiger partial charge in [-0.25, -0.2) is 13.8 Å². The lowest BCUT2D eigenvalue weighted by Gasteiger charge is -2.08. The molecule has 4 nitrogen and oxygen atoms in total. The molecule has 0 saturated heterocycles. The van der Waals surface area contributed by atoms with Crippen LogP contribution >= 0.6 is 0 Å². The molecule has 0 aliphatic heterocycles. The van der Waals surface area contributed by atoms with Crippen molar-refractivity contribution in [1.29, 1.82) is 0 Å². The number of carbonyl (C=O) groups excluding carboxylic acids is 1. The van der Waals surface area contributed by atoms with Gasteiger partial charge >= 0.3 is 0 Å². The maximum absolute atomic E-state index is 13.6. The zero-order chi connectivity index (χ0) is 15.0. The molecule has 0 atom stereocenters. The van der Waals surface area contributed by atoms with Crippen molar-refractivity contribution in [3.63, 3.8) is 0 Å². The molecule has 1 aromatic carbocycles. The molecule has 1 amide bonds. The number of amides is 1. The largest absolute Gasteiger partial charge is 0.319 e. The Morgan fingerprint density at radius 1 is 1.19 bits per heavy atom. The highest BCUT2D eigenvalue weighted by Gasteiger charge is 2.18. The Morgan fingerprint density at radius 3 is 2.62 bits per heavy atom. The highest BCUT2D eigenvalue weighted by molar-refractivity contribution is 6.06. The Morgan fingerprint density at radius 2 is 1.90 bits per heavy atom. The zero-order valence-electron chi connectivity index (χ0n) is 11.1. The lowest BCUT2D eigenvalue weighted by Crippen LogP contribution is -2.16. The number of aryl methyl sites for hydroxylation is 1. The van der Waals surface area contributed by atoms with Gasteiger partial charge < -0.3 is 9.72 Å². The van der Waals surface area contributed by atoms with Crippen LogP contribution in [-0.2, 0) is 0 Å². The van der Waals surface area contributed by atoms with Crippen molar-refractivity contribution in [1.82, 2.24) is 9.38 Å². The Hall–Kier alpha value is -2.76. The minimum Gasteiger partial charge on any atom is -0.319 e. The van der Waals surface area contributed by atoms with Crippen molar-refractivity contribution < 1.29 is 13.6 Å². The molecule has 2 aromatic heterocycles. The molecule has 106 valence electrons. The number of nitrogens with one attached hydrogen (secondary N) is 1. The maximum Gasteiger partial charge on any atom is 0.261 e. The molecule has 0 aliphatic rings. The first kappa shape index (κ1) is 13.2. The summed E-state index contributed by atoms with van der Waals surface area (Å²) in [5, 5.41) is 2.49. The van der Waals surface area contributed by atoms with Crippen LogP contribution in [0.25, 0.3) is 5.65 Å². The molecule has 0 aliphatic carbocycles. The van der Waals surface area contributed by atoms with Crippen molar-refractivity contribution in [2.24, 2.45) is 0 Å². The number of pyridine rings is 1. The van der Waals surface area contributed by atoms with Crippen molar-refractivity contribution in [2.45, 2.75) is 6.92 Å². The third-order valence-electron chi connectivity index (χ3n) is 3.04. The van der Waals surface area contributed by atoms with E-state index in [-0.39, 0.29) is 0 Å². The van der Waals surface area contributed by atoms with E-state index < -0.39 is 23.1 Å². The van der Waals surface area contributed by atoms with Gasteiger partial charge in [0.1, 0.15) is 17.2 Å². The number of hydrogen-bond donors (Lipinski definition) is 1. The van der Waals surface area contributed by atoms with Gasteiger partial charge in [0, 0.05) is 12.4 Å². The molecule has 0 unspecified atom stereocenters. The summed E-state index contributed by atoms with van der Waals surface area (Å²) in [4.78, 5) is 16.3. The lowest BCUT2D eigenvalue weighted by atomic mass is 10.2. The number of imidazole rings is 1. The Kier molecular flexibility index (Phi) is 3.13. The fourth-order valence-electron chi connectivity index (χ4n) is 2.13. The van der Waals surface area contributed by atoms with Crippen LogP contribution < -0.4 is 5.32 Å². The van der Waals surface area contributed by atoms with Gasteiger partial charge in [-0.3, -0.25) is 4.79 Å². The van der Waals surface area contributed by atoms with Crippen molar-refractivity contribution >= 4 is 17.2 Å². The predicted octanol–water partition coefficient (Wildman–Crippen LogP) is 3.17. The predicted molar refractivity (Wildman–Crippen MR) is 74.2 cm³/mol. The van der Waals surface area contributed by atoms with E-state index in [1.165, 1.54) is 6.07 Å². The molecule has 0 spiro atoms. The van der Waals surface area contributed by atoms with Crippen molar-refractivity contribution in [3.05, 3.63) is 65.6 Å². The average molecular weight is 287 g/mol. The standard InChI is InChI=1S/C15H11F2N3O/c1-9-8-20-7-3-6-12(14(20)18-9)19-15(21)13-10(16)4-2-5-11(13)17/h2-8H,1H3,(H,19,21). The Bertz CT molecular complexity index is 822. The first-order chi connectivity index (χ1) is 10.1. The van der Waals surface area contributed by atoms with Crippen LogP contribution in [0.4, 0.5) is 14.5 Å². The van der Waals surface area contributed by atoms with Crippen LogP contribution in [0.15, 0.2) is 42.7 Å². The van der Waals surface area contributed by atoms with E-state index in [2.05, 4.69) is 10.3 Å². The molecule has 2 heterocycles. The molecule has 0 bridgehead atoms. The second-order valence-corrected chi connectivity index (χ2v) is 4.59. The van der Waals surface area contributed by atoms with Gasteiger partial charge in [0.05, 0.1) is 11.4 Å². The SMILES string of the molecule is Cc1cn2cccc(NC(=O)c3c(F)cccc3F)c2n1. The zero-order valence-corrected chi connectivity index (χ0v) is 11.1. The third-order valence-corrected chi connectivity index (χ3v) is 3.04. The van der Waals surface area contributed by atoms with Crippen LogP contribution in [0, 0.1) is 18.6 Å². The first-order valence-electron chi connectivity index (χ1n) is 6.26. The molecule has 21 heavy (non-hydrogen) atoms. The maximum atomic E-state index is 13.6. The summed E-state index contributed by atoms with van der Waals surface area (Å²) in [5.41, 5.74) is 1.06. The minimum absolute atomic E-state index is 0.387. The number of hydrogen-bond acceptors (Lipinski definition) is 2. The van der Waals surface area contributed by atoms with Crippen LogP contribution in [0.3, 0.4) is 0 Å².